The number of nitrogen functional groups attached to an aromatic ring is 1. The number of hydrogen-bond donors (Lipinski definition) is 1. The Bertz CT molecular complexity index is 765. The molecule has 0 bridgehead atoms. The smallest absolute Gasteiger partial charge is 0.151 e. The second kappa shape index (κ2) is 4.60. The molecule has 0 radical (unpaired) electrons. The van der Waals surface area contributed by atoms with Gasteiger partial charge in [0.25, 0.3) is 0 Å². The number of anilines is 1. The van der Waals surface area contributed by atoms with Gasteiger partial charge in [0.15, 0.2) is 5.76 Å². The summed E-state index contributed by atoms with van der Waals surface area (Å²) in [5.41, 5.74) is 11.1. The Labute approximate surface area is 118 Å². The van der Waals surface area contributed by atoms with Crippen molar-refractivity contribution in [3.05, 3.63) is 59.5 Å². The summed E-state index contributed by atoms with van der Waals surface area (Å²) in [6, 6.07) is 14.2. The minimum atomic E-state index is 0.784. The Morgan fingerprint density at radius 1 is 0.950 bits per heavy atom. The summed E-state index contributed by atoms with van der Waals surface area (Å²) < 4.78 is 7.96. The molecule has 0 fully saturated rings. The van der Waals surface area contributed by atoms with Crippen LogP contribution in [0, 0.1) is 20.8 Å². The fourth-order valence-electron chi connectivity index (χ4n) is 2.55. The van der Waals surface area contributed by atoms with Crippen LogP contribution in [0.25, 0.3) is 17.1 Å². The number of rotatable bonds is 2. The first kappa shape index (κ1) is 12.6. The van der Waals surface area contributed by atoms with Gasteiger partial charge in [0.05, 0.1) is 5.69 Å². The van der Waals surface area contributed by atoms with Gasteiger partial charge in [0.1, 0.15) is 5.76 Å². The van der Waals surface area contributed by atoms with Crippen LogP contribution < -0.4 is 5.73 Å². The maximum absolute atomic E-state index is 5.84. The van der Waals surface area contributed by atoms with E-state index in [-0.39, 0.29) is 0 Å². The van der Waals surface area contributed by atoms with E-state index < -0.39 is 0 Å². The Morgan fingerprint density at radius 2 is 1.75 bits per heavy atom. The molecule has 0 amide bonds. The van der Waals surface area contributed by atoms with E-state index in [2.05, 4.69) is 36.6 Å². The van der Waals surface area contributed by atoms with E-state index in [0.717, 1.165) is 34.2 Å². The molecule has 20 heavy (non-hydrogen) atoms. The fourth-order valence-corrected chi connectivity index (χ4v) is 2.55. The van der Waals surface area contributed by atoms with Gasteiger partial charge in [0, 0.05) is 17.1 Å². The van der Waals surface area contributed by atoms with Crippen molar-refractivity contribution in [2.75, 3.05) is 5.73 Å². The van der Waals surface area contributed by atoms with E-state index in [1.165, 1.54) is 5.69 Å². The van der Waals surface area contributed by atoms with Crippen molar-refractivity contribution in [1.82, 2.24) is 4.57 Å². The maximum atomic E-state index is 5.84. The lowest BCUT2D eigenvalue weighted by molar-refractivity contribution is 0.545. The molecule has 0 saturated carbocycles. The van der Waals surface area contributed by atoms with Crippen LogP contribution in [0.4, 0.5) is 5.69 Å². The van der Waals surface area contributed by atoms with Gasteiger partial charge in [-0.1, -0.05) is 0 Å². The van der Waals surface area contributed by atoms with Gasteiger partial charge in [-0.05, 0) is 68.8 Å². The molecule has 102 valence electrons. The topological polar surface area (TPSA) is 44.1 Å². The third kappa shape index (κ3) is 2.01. The van der Waals surface area contributed by atoms with Crippen molar-refractivity contribution in [2.24, 2.45) is 0 Å². The number of aryl methyl sites for hydroxylation is 3. The molecule has 2 aromatic heterocycles. The van der Waals surface area contributed by atoms with E-state index in [1.54, 1.807) is 0 Å². The molecule has 1 aromatic carbocycles. The first-order chi connectivity index (χ1) is 9.56. The van der Waals surface area contributed by atoms with Gasteiger partial charge in [-0.25, -0.2) is 0 Å². The molecule has 0 aliphatic carbocycles. The highest BCUT2D eigenvalue weighted by atomic mass is 16.3. The average Bonchev–Trinajstić information content (AvgIpc) is 2.96. The maximum Gasteiger partial charge on any atom is 0.151 e. The third-order valence-corrected chi connectivity index (χ3v) is 3.53. The highest BCUT2D eigenvalue weighted by molar-refractivity contribution is 5.62. The molecule has 2 N–H and O–H groups in total. The summed E-state index contributed by atoms with van der Waals surface area (Å²) in [5, 5.41) is 0. The van der Waals surface area contributed by atoms with E-state index in [4.69, 9.17) is 10.2 Å². The van der Waals surface area contributed by atoms with Crippen molar-refractivity contribution < 1.29 is 4.42 Å². The molecule has 0 aliphatic rings. The second-order valence-electron chi connectivity index (χ2n) is 5.15. The second-order valence-corrected chi connectivity index (χ2v) is 5.15. The van der Waals surface area contributed by atoms with Gasteiger partial charge in [-0.2, -0.15) is 0 Å². The molecular formula is C17H18N2O. The molecule has 3 heteroatoms. The summed E-state index contributed by atoms with van der Waals surface area (Å²) >= 11 is 0. The minimum Gasteiger partial charge on any atom is -0.460 e. The standard InChI is InChI=1S/C17H18N2O/c1-11-10-14(18)6-8-15(11)19-12(2)4-7-16(19)17-9-5-13(3)20-17/h4-10H,18H2,1-3H3. The molecule has 0 aliphatic heterocycles. The molecule has 0 spiro atoms. The highest BCUT2D eigenvalue weighted by Gasteiger charge is 2.13. The van der Waals surface area contributed by atoms with Gasteiger partial charge in [0.2, 0.25) is 0 Å². The number of furan rings is 1. The Kier molecular flexibility index (Phi) is 2.90. The number of nitrogens with zero attached hydrogens (tertiary/aromatic N) is 1. The predicted octanol–water partition coefficient (Wildman–Crippen LogP) is 4.24. The summed E-state index contributed by atoms with van der Waals surface area (Å²) in [5.74, 6) is 1.80. The van der Waals surface area contributed by atoms with Crippen LogP contribution in [-0.4, -0.2) is 4.57 Å². The van der Waals surface area contributed by atoms with Gasteiger partial charge < -0.3 is 14.7 Å². The van der Waals surface area contributed by atoms with E-state index in [9.17, 15) is 0 Å². The normalized spacial score (nSPS) is 10.9. The predicted molar refractivity (Wildman–Crippen MR) is 82.1 cm³/mol. The first-order valence-electron chi connectivity index (χ1n) is 6.68. The van der Waals surface area contributed by atoms with Crippen molar-refractivity contribution in [1.29, 1.82) is 0 Å². The Balaban J connectivity index is 2.21. The molecule has 3 nitrogen and oxygen atoms in total. The fraction of sp³-hybridized carbons (Fsp3) is 0.176. The van der Waals surface area contributed by atoms with Crippen LogP contribution >= 0.6 is 0 Å². The number of nitrogens with two attached hydrogens (primary N) is 1. The zero-order chi connectivity index (χ0) is 14.3. The summed E-state index contributed by atoms with van der Waals surface area (Å²) in [7, 11) is 0. The Hall–Kier alpha value is -2.42. The van der Waals surface area contributed by atoms with Crippen LogP contribution in [0.3, 0.4) is 0 Å². The molecule has 0 atom stereocenters. The van der Waals surface area contributed by atoms with Crippen LogP contribution in [0.2, 0.25) is 0 Å². The SMILES string of the molecule is Cc1ccc(-c2ccc(C)n2-c2ccc(N)cc2C)o1. The quantitative estimate of drug-likeness (QED) is 0.705. The molecule has 2 heterocycles. The molecular weight excluding hydrogens is 248 g/mol. The number of aromatic nitrogens is 1. The van der Waals surface area contributed by atoms with Crippen LogP contribution in [0.5, 0.6) is 0 Å². The van der Waals surface area contributed by atoms with Crippen LogP contribution in [0.1, 0.15) is 17.0 Å². The molecule has 0 saturated heterocycles. The van der Waals surface area contributed by atoms with Crippen molar-refractivity contribution >= 4 is 5.69 Å². The summed E-state index contributed by atoms with van der Waals surface area (Å²) in [6.45, 7) is 6.12. The first-order valence-corrected chi connectivity index (χ1v) is 6.68. The largest absolute Gasteiger partial charge is 0.460 e. The van der Waals surface area contributed by atoms with Crippen molar-refractivity contribution in [2.45, 2.75) is 20.8 Å². The van der Waals surface area contributed by atoms with Gasteiger partial charge in [-0.3, -0.25) is 0 Å². The van der Waals surface area contributed by atoms with E-state index in [0.29, 0.717) is 0 Å². The lowest BCUT2D eigenvalue weighted by atomic mass is 10.1. The monoisotopic (exact) mass is 266 g/mol. The minimum absolute atomic E-state index is 0.784. The summed E-state index contributed by atoms with van der Waals surface area (Å²) in [4.78, 5) is 0. The van der Waals surface area contributed by atoms with Crippen LogP contribution in [-0.2, 0) is 0 Å². The van der Waals surface area contributed by atoms with Crippen molar-refractivity contribution in [3.63, 3.8) is 0 Å². The zero-order valence-corrected chi connectivity index (χ0v) is 12.0. The highest BCUT2D eigenvalue weighted by Crippen LogP contribution is 2.29. The molecule has 3 rings (SSSR count). The third-order valence-electron chi connectivity index (χ3n) is 3.53. The Morgan fingerprint density at radius 3 is 2.40 bits per heavy atom. The summed E-state index contributed by atoms with van der Waals surface area (Å²) in [6.07, 6.45) is 0. The average molecular weight is 266 g/mol. The van der Waals surface area contributed by atoms with E-state index in [1.807, 2.05) is 31.2 Å². The molecule has 3 aromatic rings. The lowest BCUT2D eigenvalue weighted by Crippen LogP contribution is -2.01. The van der Waals surface area contributed by atoms with Crippen LogP contribution in [0.15, 0.2) is 46.9 Å². The van der Waals surface area contributed by atoms with Gasteiger partial charge in [-0.15, -0.1) is 0 Å². The molecule has 0 unspecified atom stereocenters. The van der Waals surface area contributed by atoms with E-state index >= 15 is 0 Å². The number of hydrogen-bond acceptors (Lipinski definition) is 2. The zero-order valence-electron chi connectivity index (χ0n) is 12.0. The lowest BCUT2D eigenvalue weighted by Gasteiger charge is -2.14. The van der Waals surface area contributed by atoms with Gasteiger partial charge >= 0.3 is 0 Å². The number of benzene rings is 1. The van der Waals surface area contributed by atoms with Crippen molar-refractivity contribution in [3.8, 4) is 17.1 Å².